The Kier molecular flexibility index (Phi) is 3.31. The average molecular weight is 184 g/mol. The Hall–Kier alpha value is -0.570. The fraction of sp³-hybridized carbons (Fsp3) is 0.900. The van der Waals surface area contributed by atoms with E-state index in [1.54, 1.807) is 0 Å². The van der Waals surface area contributed by atoms with Crippen molar-refractivity contribution in [1.29, 1.82) is 0 Å². The van der Waals surface area contributed by atoms with E-state index in [4.69, 9.17) is 10.6 Å². The topological polar surface area (TPSA) is 47.6 Å². The molecule has 1 fully saturated rings. The highest BCUT2D eigenvalue weighted by atomic mass is 16.6. The van der Waals surface area contributed by atoms with Gasteiger partial charge < -0.3 is 10.6 Å². The van der Waals surface area contributed by atoms with Crippen molar-refractivity contribution in [3.63, 3.8) is 0 Å². The Labute approximate surface area is 80.3 Å². The van der Waals surface area contributed by atoms with Gasteiger partial charge in [-0.1, -0.05) is 5.16 Å². The molecule has 1 saturated carbocycles. The zero-order valence-corrected chi connectivity index (χ0v) is 8.84. The Morgan fingerprint density at radius 3 is 2.38 bits per heavy atom. The second kappa shape index (κ2) is 4.09. The minimum atomic E-state index is 0.0187. The van der Waals surface area contributed by atoms with E-state index in [1.807, 2.05) is 13.8 Å². The molecule has 3 heteroatoms. The first kappa shape index (κ1) is 10.5. The highest BCUT2D eigenvalue weighted by Crippen LogP contribution is 2.27. The third-order valence-corrected chi connectivity index (χ3v) is 2.46. The van der Waals surface area contributed by atoms with Gasteiger partial charge in [-0.2, -0.15) is 0 Å². The Morgan fingerprint density at radius 2 is 1.92 bits per heavy atom. The van der Waals surface area contributed by atoms with Crippen LogP contribution in [0.3, 0.4) is 0 Å². The fourth-order valence-corrected chi connectivity index (χ4v) is 1.54. The predicted molar refractivity (Wildman–Crippen MR) is 54.7 cm³/mol. The average Bonchev–Trinajstić information content (AvgIpc) is 2.02. The van der Waals surface area contributed by atoms with Crippen molar-refractivity contribution in [2.24, 2.45) is 10.9 Å². The summed E-state index contributed by atoms with van der Waals surface area (Å²) in [6.07, 6.45) is 4.42. The standard InChI is InChI=1S/C10H20N2O/c1-8(2)12-13-9-4-6-10(3,11)7-5-9/h9H,4-7,11H2,1-3H3. The maximum atomic E-state index is 6.00. The first-order valence-corrected chi connectivity index (χ1v) is 4.95. The summed E-state index contributed by atoms with van der Waals surface area (Å²) in [6, 6.07) is 0. The summed E-state index contributed by atoms with van der Waals surface area (Å²) in [5.41, 5.74) is 7.00. The molecule has 0 atom stereocenters. The lowest BCUT2D eigenvalue weighted by molar-refractivity contribution is 0.0191. The molecule has 0 spiro atoms. The van der Waals surface area contributed by atoms with Crippen molar-refractivity contribution in [2.75, 3.05) is 0 Å². The smallest absolute Gasteiger partial charge is 0.127 e. The first-order valence-electron chi connectivity index (χ1n) is 4.95. The van der Waals surface area contributed by atoms with Gasteiger partial charge in [0.2, 0.25) is 0 Å². The van der Waals surface area contributed by atoms with Gasteiger partial charge in [0.25, 0.3) is 0 Å². The quantitative estimate of drug-likeness (QED) is 0.527. The Balaban J connectivity index is 2.30. The molecule has 0 aliphatic heterocycles. The van der Waals surface area contributed by atoms with Gasteiger partial charge in [0, 0.05) is 5.54 Å². The SMILES string of the molecule is CC(C)=NOC1CCC(C)(N)CC1. The third kappa shape index (κ3) is 3.77. The molecule has 13 heavy (non-hydrogen) atoms. The van der Waals surface area contributed by atoms with E-state index in [0.717, 1.165) is 31.4 Å². The number of nitrogens with zero attached hydrogens (tertiary/aromatic N) is 1. The molecule has 0 radical (unpaired) electrons. The normalized spacial score (nSPS) is 34.0. The maximum Gasteiger partial charge on any atom is 0.127 e. The molecule has 0 aromatic heterocycles. The van der Waals surface area contributed by atoms with E-state index in [-0.39, 0.29) is 11.6 Å². The van der Waals surface area contributed by atoms with Crippen molar-refractivity contribution in [1.82, 2.24) is 0 Å². The van der Waals surface area contributed by atoms with Gasteiger partial charge >= 0.3 is 0 Å². The minimum absolute atomic E-state index is 0.0187. The molecule has 3 nitrogen and oxygen atoms in total. The van der Waals surface area contributed by atoms with E-state index < -0.39 is 0 Å². The molecule has 0 heterocycles. The van der Waals surface area contributed by atoms with E-state index in [2.05, 4.69) is 12.1 Å². The van der Waals surface area contributed by atoms with E-state index >= 15 is 0 Å². The first-order chi connectivity index (χ1) is 5.99. The van der Waals surface area contributed by atoms with Gasteiger partial charge in [0.1, 0.15) is 6.10 Å². The lowest BCUT2D eigenvalue weighted by atomic mass is 9.83. The zero-order valence-electron chi connectivity index (χ0n) is 8.84. The van der Waals surface area contributed by atoms with E-state index in [9.17, 15) is 0 Å². The second-order valence-electron chi connectivity index (χ2n) is 4.50. The maximum absolute atomic E-state index is 6.00. The highest BCUT2D eigenvalue weighted by molar-refractivity contribution is 5.78. The van der Waals surface area contributed by atoms with E-state index in [1.165, 1.54) is 0 Å². The van der Waals surface area contributed by atoms with Crippen molar-refractivity contribution < 1.29 is 4.84 Å². The summed E-state index contributed by atoms with van der Waals surface area (Å²) in [4.78, 5) is 5.37. The van der Waals surface area contributed by atoms with Crippen LogP contribution in [0.5, 0.6) is 0 Å². The lowest BCUT2D eigenvalue weighted by Crippen LogP contribution is -2.41. The molecule has 1 aliphatic carbocycles. The van der Waals surface area contributed by atoms with Crippen molar-refractivity contribution in [3.05, 3.63) is 0 Å². The number of hydrogen-bond acceptors (Lipinski definition) is 3. The second-order valence-corrected chi connectivity index (χ2v) is 4.50. The van der Waals surface area contributed by atoms with Crippen LogP contribution in [0.25, 0.3) is 0 Å². The van der Waals surface area contributed by atoms with Crippen LogP contribution in [-0.2, 0) is 4.84 Å². The largest absolute Gasteiger partial charge is 0.393 e. The van der Waals surface area contributed by atoms with Gasteiger partial charge in [0.05, 0.1) is 5.71 Å². The van der Waals surface area contributed by atoms with Crippen molar-refractivity contribution in [3.8, 4) is 0 Å². The van der Waals surface area contributed by atoms with Crippen LogP contribution in [-0.4, -0.2) is 17.4 Å². The molecular weight excluding hydrogens is 164 g/mol. The summed E-state index contributed by atoms with van der Waals surface area (Å²) in [5.74, 6) is 0. The van der Waals surface area contributed by atoms with Gasteiger partial charge in [-0.25, -0.2) is 0 Å². The molecule has 1 aliphatic rings. The number of hydrogen-bond donors (Lipinski definition) is 1. The van der Waals surface area contributed by atoms with Crippen molar-refractivity contribution in [2.45, 2.75) is 58.1 Å². The molecule has 0 aromatic carbocycles. The number of oxime groups is 1. The summed E-state index contributed by atoms with van der Waals surface area (Å²) >= 11 is 0. The van der Waals surface area contributed by atoms with E-state index in [0.29, 0.717) is 0 Å². The third-order valence-electron chi connectivity index (χ3n) is 2.46. The molecule has 76 valence electrons. The lowest BCUT2D eigenvalue weighted by Gasteiger charge is -2.32. The zero-order chi connectivity index (χ0) is 9.90. The number of rotatable bonds is 2. The van der Waals surface area contributed by atoms with Crippen LogP contribution >= 0.6 is 0 Å². The minimum Gasteiger partial charge on any atom is -0.393 e. The van der Waals surface area contributed by atoms with Gasteiger partial charge in [-0.3, -0.25) is 0 Å². The van der Waals surface area contributed by atoms with Crippen LogP contribution in [0.1, 0.15) is 46.5 Å². The highest BCUT2D eigenvalue weighted by Gasteiger charge is 2.28. The summed E-state index contributed by atoms with van der Waals surface area (Å²) in [6.45, 7) is 5.99. The molecule has 0 unspecified atom stereocenters. The van der Waals surface area contributed by atoms with Crippen LogP contribution in [0, 0.1) is 0 Å². The Bertz CT molecular complexity index is 185. The molecule has 1 rings (SSSR count). The summed E-state index contributed by atoms with van der Waals surface area (Å²) < 4.78 is 0. The molecule has 2 N–H and O–H groups in total. The molecule has 0 saturated heterocycles. The number of nitrogens with two attached hydrogens (primary N) is 1. The van der Waals surface area contributed by atoms with Crippen molar-refractivity contribution >= 4 is 5.71 Å². The van der Waals surface area contributed by atoms with Crippen LogP contribution in [0.2, 0.25) is 0 Å². The van der Waals surface area contributed by atoms with Gasteiger partial charge in [-0.15, -0.1) is 0 Å². The van der Waals surface area contributed by atoms with Crippen LogP contribution in [0.15, 0.2) is 5.16 Å². The summed E-state index contributed by atoms with van der Waals surface area (Å²) in [7, 11) is 0. The summed E-state index contributed by atoms with van der Waals surface area (Å²) in [5, 5.41) is 3.97. The molecule has 0 amide bonds. The van der Waals surface area contributed by atoms with Crippen LogP contribution in [0.4, 0.5) is 0 Å². The monoisotopic (exact) mass is 184 g/mol. The Morgan fingerprint density at radius 1 is 1.38 bits per heavy atom. The van der Waals surface area contributed by atoms with Crippen LogP contribution < -0.4 is 5.73 Å². The molecule has 0 bridgehead atoms. The molecular formula is C10H20N2O. The van der Waals surface area contributed by atoms with Gasteiger partial charge in [0.15, 0.2) is 0 Å². The van der Waals surface area contributed by atoms with Gasteiger partial charge in [-0.05, 0) is 46.5 Å². The fourth-order valence-electron chi connectivity index (χ4n) is 1.54. The molecule has 0 aromatic rings. The predicted octanol–water partition coefficient (Wildman–Crippen LogP) is 2.06.